The van der Waals surface area contributed by atoms with Gasteiger partial charge in [-0.25, -0.2) is 0 Å². The van der Waals surface area contributed by atoms with Crippen molar-refractivity contribution in [1.29, 1.82) is 0 Å². The van der Waals surface area contributed by atoms with Crippen molar-refractivity contribution in [3.8, 4) is 0 Å². The van der Waals surface area contributed by atoms with E-state index in [0.717, 1.165) is 0 Å². The zero-order valence-electron chi connectivity index (χ0n) is 5.09. The van der Waals surface area contributed by atoms with Crippen LogP contribution in [0.25, 0.3) is 0 Å². The van der Waals surface area contributed by atoms with Gasteiger partial charge in [0.2, 0.25) is 0 Å². The number of halogens is 1. The smallest absolute Gasteiger partial charge is 1.00 e. The molecule has 0 unspecified atom stereocenters. The van der Waals surface area contributed by atoms with Crippen LogP contribution in [-0.2, 0) is 21.7 Å². The minimum absolute atomic E-state index is 0. The van der Waals surface area contributed by atoms with Crippen LogP contribution in [0, 0.1) is 0 Å². The van der Waals surface area contributed by atoms with Gasteiger partial charge in [0.25, 0.3) is 0 Å². The molecule has 0 saturated carbocycles. The normalized spacial score (nSPS) is 3.60. The summed E-state index contributed by atoms with van der Waals surface area (Å²) in [4.78, 5) is 0. The number of nitrogens with one attached hydrogen (secondary N) is 1. The summed E-state index contributed by atoms with van der Waals surface area (Å²) in [7, 11) is 1.79. The summed E-state index contributed by atoms with van der Waals surface area (Å²) in [5, 5.41) is 0. The Morgan fingerprint density at radius 2 is 1.80 bits per heavy atom. The summed E-state index contributed by atoms with van der Waals surface area (Å²) in [6.45, 7) is 0. The van der Waals surface area contributed by atoms with Crippen molar-refractivity contribution >= 4 is 53.9 Å². The quantitative estimate of drug-likeness (QED) is 0.439. The summed E-state index contributed by atoms with van der Waals surface area (Å²) in [5.41, 5.74) is 0. The van der Waals surface area contributed by atoms with E-state index in [1.807, 2.05) is 0 Å². The van der Waals surface area contributed by atoms with Gasteiger partial charge in [-0.3, -0.25) is 4.34 Å². The van der Waals surface area contributed by atoms with Crippen LogP contribution in [0.3, 0.4) is 0 Å². The Labute approximate surface area is 88.5 Å². The number of rotatable bonds is 0. The zero-order chi connectivity index (χ0) is 2.71. The molecule has 1 nitrogen and oxygen atoms in total. The first-order valence-corrected chi connectivity index (χ1v) is 1.48. The molecule has 0 bridgehead atoms. The Morgan fingerprint density at radius 1 is 1.80 bits per heavy atom. The van der Waals surface area contributed by atoms with Gasteiger partial charge in [-0.2, -0.15) is 0 Å². The summed E-state index contributed by atoms with van der Waals surface area (Å²) in [6, 6.07) is 0. The van der Waals surface area contributed by atoms with Crippen LogP contribution in [0.2, 0.25) is 0 Å². The fourth-order valence-electron chi connectivity index (χ4n) is 0. The van der Waals surface area contributed by atoms with Gasteiger partial charge in [0.1, 0.15) is 0 Å². The summed E-state index contributed by atoms with van der Waals surface area (Å²) in [5.74, 6) is 0. The standard InChI is InChI=1S/CH4BrN.Ca.Ti.2H/c1-3-2;;;;/h3H,1H3;;;;/q;+2;;2*-1. The molecule has 0 saturated heterocycles. The molecule has 0 fully saturated rings. The van der Waals surface area contributed by atoms with E-state index in [2.05, 4.69) is 20.5 Å². The number of hydrogen-bond donors (Lipinski definition) is 1. The predicted molar refractivity (Wildman–Crippen MR) is 26.0 cm³/mol. The van der Waals surface area contributed by atoms with Crippen molar-refractivity contribution in [2.45, 2.75) is 0 Å². The molecular weight excluding hydrogens is 194 g/mol. The molecule has 0 aromatic rings. The average Bonchev–Trinajstić information content (AvgIpc) is 0.918. The molecular formula is CH6BrCaNTi. The molecule has 1 N–H and O–H groups in total. The molecule has 5 heavy (non-hydrogen) atoms. The van der Waals surface area contributed by atoms with E-state index in [-0.39, 0.29) is 62.3 Å². The molecule has 4 heteroatoms. The summed E-state index contributed by atoms with van der Waals surface area (Å²) < 4.78 is 2.56. The summed E-state index contributed by atoms with van der Waals surface area (Å²) in [6.07, 6.45) is 0. The third kappa shape index (κ3) is 21.4. The topological polar surface area (TPSA) is 12.0 Å². The number of hydrogen-bond acceptors (Lipinski definition) is 1. The first kappa shape index (κ1) is 15.7. The molecule has 0 aliphatic rings. The van der Waals surface area contributed by atoms with Crippen LogP contribution in [0.1, 0.15) is 2.85 Å². The zero-order valence-corrected chi connectivity index (χ0v) is 8.44. The van der Waals surface area contributed by atoms with Crippen molar-refractivity contribution in [2.24, 2.45) is 0 Å². The molecule has 0 atom stereocenters. The van der Waals surface area contributed by atoms with Crippen LogP contribution in [0.15, 0.2) is 0 Å². The predicted octanol–water partition coefficient (Wildman–Crippen LogP) is 0.357. The molecule has 0 amide bonds. The van der Waals surface area contributed by atoms with Crippen LogP contribution in [0.5, 0.6) is 0 Å². The van der Waals surface area contributed by atoms with E-state index in [1.54, 1.807) is 7.05 Å². The van der Waals surface area contributed by atoms with E-state index in [1.165, 1.54) is 0 Å². The SMILES string of the molecule is CNBr.[Ca+2].[H-].[H-].[Ti]. The Bertz CT molecular complexity index is 17.7. The second-order valence-electron chi connectivity index (χ2n) is 0.189. The molecule has 0 radical (unpaired) electrons. The van der Waals surface area contributed by atoms with E-state index >= 15 is 0 Å². The van der Waals surface area contributed by atoms with Gasteiger partial charge in [0.05, 0.1) is 0 Å². The van der Waals surface area contributed by atoms with Gasteiger partial charge in [-0.1, -0.05) is 0 Å². The van der Waals surface area contributed by atoms with Gasteiger partial charge in [-0.15, -0.1) is 0 Å². The Morgan fingerprint density at radius 3 is 1.80 bits per heavy atom. The Balaban J connectivity index is -0.00000000333. The van der Waals surface area contributed by atoms with E-state index in [9.17, 15) is 0 Å². The molecule has 28 valence electrons. The first-order chi connectivity index (χ1) is 1.41. The minimum atomic E-state index is 0. The fourth-order valence-corrected chi connectivity index (χ4v) is 0. The van der Waals surface area contributed by atoms with Gasteiger partial charge in [0.15, 0.2) is 0 Å². The molecule has 0 heterocycles. The van der Waals surface area contributed by atoms with Gasteiger partial charge >= 0.3 is 37.7 Å². The second-order valence-corrected chi connectivity index (χ2v) is 0.982. The Hall–Kier alpha value is 2.41. The Kier molecular flexibility index (Phi) is 50.5. The van der Waals surface area contributed by atoms with Crippen molar-refractivity contribution in [3.63, 3.8) is 0 Å². The monoisotopic (exact) mass is 199 g/mol. The van der Waals surface area contributed by atoms with Crippen molar-refractivity contribution < 1.29 is 24.6 Å². The van der Waals surface area contributed by atoms with Gasteiger partial charge < -0.3 is 2.85 Å². The largest absolute Gasteiger partial charge is 2.00 e. The van der Waals surface area contributed by atoms with Crippen molar-refractivity contribution in [3.05, 3.63) is 0 Å². The van der Waals surface area contributed by atoms with Crippen LogP contribution in [-0.4, -0.2) is 44.8 Å². The minimum Gasteiger partial charge on any atom is -1.00 e. The molecule has 0 aromatic carbocycles. The van der Waals surface area contributed by atoms with Crippen LogP contribution in [0.4, 0.5) is 0 Å². The third-order valence-electron chi connectivity index (χ3n) is 0. The first-order valence-electron chi connectivity index (χ1n) is 0.689. The maximum atomic E-state index is 2.90. The molecule has 0 aromatic heterocycles. The van der Waals surface area contributed by atoms with E-state index in [4.69, 9.17) is 0 Å². The van der Waals surface area contributed by atoms with E-state index < -0.39 is 0 Å². The third-order valence-corrected chi connectivity index (χ3v) is 0. The van der Waals surface area contributed by atoms with Crippen LogP contribution >= 0.6 is 16.1 Å². The molecule has 0 aliphatic carbocycles. The molecule has 0 rings (SSSR count). The van der Waals surface area contributed by atoms with Crippen molar-refractivity contribution in [1.82, 2.24) is 4.34 Å². The molecule has 0 spiro atoms. The van der Waals surface area contributed by atoms with E-state index in [0.29, 0.717) is 0 Å². The van der Waals surface area contributed by atoms with Crippen molar-refractivity contribution in [2.75, 3.05) is 7.05 Å². The molecule has 0 aliphatic heterocycles. The maximum absolute atomic E-state index is 2.90. The average molecular weight is 200 g/mol. The second kappa shape index (κ2) is 16.1. The summed E-state index contributed by atoms with van der Waals surface area (Å²) >= 11 is 2.90. The van der Waals surface area contributed by atoms with Crippen LogP contribution < -0.4 is 4.34 Å². The van der Waals surface area contributed by atoms with Gasteiger partial charge in [-0.05, 0) is 7.05 Å². The maximum Gasteiger partial charge on any atom is 2.00 e. The van der Waals surface area contributed by atoms with Gasteiger partial charge in [0, 0.05) is 37.9 Å². The fraction of sp³-hybridized carbons (Fsp3) is 1.00.